The van der Waals surface area contributed by atoms with E-state index in [9.17, 15) is 0 Å². The molecule has 0 amide bonds. The summed E-state index contributed by atoms with van der Waals surface area (Å²) in [4.78, 5) is 15.3. The zero-order chi connectivity index (χ0) is 41.5. The second-order valence-electron chi connectivity index (χ2n) is 16.3. The minimum absolute atomic E-state index is 0.605. The van der Waals surface area contributed by atoms with Gasteiger partial charge in [-0.1, -0.05) is 164 Å². The van der Waals surface area contributed by atoms with Crippen molar-refractivity contribution in [3.8, 4) is 102 Å². The molecule has 0 unspecified atom stereocenters. The van der Waals surface area contributed by atoms with Crippen molar-refractivity contribution in [2.24, 2.45) is 0 Å². The van der Waals surface area contributed by atoms with Gasteiger partial charge in [0.15, 0.2) is 40.5 Å². The number of benzene rings is 9. The van der Waals surface area contributed by atoms with Crippen LogP contribution < -0.4 is 9.47 Å². The summed E-state index contributed by atoms with van der Waals surface area (Å²) in [6.45, 7) is 0. The number of para-hydroxylation sites is 2. The molecule has 13 rings (SSSR count). The number of hydrogen-bond acceptors (Lipinski definition) is 5. The molecule has 294 valence electrons. The summed E-state index contributed by atoms with van der Waals surface area (Å²) < 4.78 is 13.2. The molecule has 0 atom stereocenters. The first-order valence-electron chi connectivity index (χ1n) is 21.2. The number of fused-ring (bicyclic) bond motifs is 12. The van der Waals surface area contributed by atoms with Crippen molar-refractivity contribution in [1.82, 2.24) is 15.0 Å². The molecule has 5 nitrogen and oxygen atoms in total. The summed E-state index contributed by atoms with van der Waals surface area (Å²) in [6, 6.07) is 74.5. The smallest absolute Gasteiger partial charge is 0.170 e. The number of hydrogen-bond donors (Lipinski definition) is 0. The third-order valence-electron chi connectivity index (χ3n) is 12.8. The first-order chi connectivity index (χ1) is 31.2. The maximum Gasteiger partial charge on any atom is 0.170 e. The third kappa shape index (κ3) is 5.46. The summed E-state index contributed by atoms with van der Waals surface area (Å²) in [5, 5.41) is 0. The van der Waals surface area contributed by atoms with E-state index in [2.05, 4.69) is 127 Å². The maximum absolute atomic E-state index is 6.62. The second-order valence-corrected chi connectivity index (χ2v) is 16.3. The number of ether oxygens (including phenoxy) is 2. The third-order valence-corrected chi connectivity index (χ3v) is 12.8. The van der Waals surface area contributed by atoms with E-state index in [4.69, 9.17) is 24.4 Å². The Bertz CT molecular complexity index is 3350. The van der Waals surface area contributed by atoms with Gasteiger partial charge in [0.05, 0.1) is 5.41 Å². The standard InChI is InChI=1S/C58H35N3O2/c1-4-16-36(17-5-1)40-30-41(32-42(31-40)57-60-55(37-18-6-2-7-19-37)59-56(61-57)38-20-8-3-9-21-38)39-28-29-45-46-34-53-54(63-52-27-15-14-26-51(52)62-53)35-50(46)58(49(45)33-39)47-24-12-10-22-43(47)44-23-11-13-25-48(44)58/h1-35H. The zero-order valence-electron chi connectivity index (χ0n) is 33.9. The van der Waals surface area contributed by atoms with E-state index in [0.29, 0.717) is 40.5 Å². The van der Waals surface area contributed by atoms with Gasteiger partial charge in [-0.05, 0) is 115 Å². The van der Waals surface area contributed by atoms with Gasteiger partial charge in [0, 0.05) is 16.7 Å². The molecule has 2 heterocycles. The predicted octanol–water partition coefficient (Wildman–Crippen LogP) is 14.4. The average molecular weight is 806 g/mol. The fourth-order valence-electron chi connectivity index (χ4n) is 10.00. The summed E-state index contributed by atoms with van der Waals surface area (Å²) in [6.07, 6.45) is 0. The van der Waals surface area contributed by atoms with Crippen LogP contribution in [0.1, 0.15) is 22.3 Å². The highest BCUT2D eigenvalue weighted by atomic mass is 16.6. The van der Waals surface area contributed by atoms with Gasteiger partial charge >= 0.3 is 0 Å². The molecule has 0 N–H and O–H groups in total. The highest BCUT2D eigenvalue weighted by Gasteiger charge is 2.52. The second kappa shape index (κ2) is 13.8. The summed E-state index contributed by atoms with van der Waals surface area (Å²) in [7, 11) is 0. The molecule has 0 bridgehead atoms. The molecule has 9 aromatic carbocycles. The van der Waals surface area contributed by atoms with Gasteiger partial charge < -0.3 is 9.47 Å². The Labute approximate surface area is 364 Å². The molecule has 0 saturated heterocycles. The van der Waals surface area contributed by atoms with Gasteiger partial charge in [-0.15, -0.1) is 0 Å². The van der Waals surface area contributed by atoms with Crippen LogP contribution in [-0.2, 0) is 5.41 Å². The normalized spacial score (nSPS) is 13.1. The summed E-state index contributed by atoms with van der Waals surface area (Å²) in [5.41, 5.74) is 16.2. The summed E-state index contributed by atoms with van der Waals surface area (Å²) >= 11 is 0. The van der Waals surface area contributed by atoms with Crippen molar-refractivity contribution in [2.75, 3.05) is 0 Å². The minimum Gasteiger partial charge on any atom is -0.450 e. The fraction of sp³-hybridized carbons (Fsp3) is 0.0172. The molecule has 5 heteroatoms. The van der Waals surface area contributed by atoms with Gasteiger partial charge in [-0.25, -0.2) is 15.0 Å². The molecular weight excluding hydrogens is 771 g/mol. The molecular formula is C58H35N3O2. The Hall–Kier alpha value is -8.41. The molecule has 2 aliphatic carbocycles. The lowest BCUT2D eigenvalue weighted by molar-refractivity contribution is 0.359. The van der Waals surface area contributed by atoms with Gasteiger partial charge in [0.2, 0.25) is 0 Å². The van der Waals surface area contributed by atoms with Crippen molar-refractivity contribution >= 4 is 0 Å². The first kappa shape index (κ1) is 35.4. The van der Waals surface area contributed by atoms with Crippen LogP contribution in [0.2, 0.25) is 0 Å². The van der Waals surface area contributed by atoms with Crippen LogP contribution in [-0.4, -0.2) is 15.0 Å². The molecule has 1 aromatic heterocycles. The topological polar surface area (TPSA) is 57.1 Å². The molecule has 0 radical (unpaired) electrons. The molecule has 1 spiro atoms. The van der Waals surface area contributed by atoms with Crippen molar-refractivity contribution < 1.29 is 9.47 Å². The van der Waals surface area contributed by atoms with Crippen LogP contribution in [0, 0.1) is 0 Å². The zero-order valence-corrected chi connectivity index (χ0v) is 33.9. The summed E-state index contributed by atoms with van der Waals surface area (Å²) in [5.74, 6) is 4.70. The van der Waals surface area contributed by atoms with E-state index in [1.807, 2.05) is 84.9 Å². The average Bonchev–Trinajstić information content (AvgIpc) is 3.82. The van der Waals surface area contributed by atoms with Crippen LogP contribution in [0.5, 0.6) is 23.0 Å². The highest BCUT2D eigenvalue weighted by molar-refractivity contribution is 5.97. The Morgan fingerprint density at radius 3 is 1.27 bits per heavy atom. The van der Waals surface area contributed by atoms with Crippen LogP contribution in [0.3, 0.4) is 0 Å². The van der Waals surface area contributed by atoms with E-state index in [-0.39, 0.29) is 0 Å². The fourth-order valence-corrected chi connectivity index (χ4v) is 10.00. The largest absolute Gasteiger partial charge is 0.450 e. The number of rotatable bonds is 5. The van der Waals surface area contributed by atoms with Crippen molar-refractivity contribution in [1.29, 1.82) is 0 Å². The van der Waals surface area contributed by atoms with E-state index in [1.54, 1.807) is 0 Å². The lowest BCUT2D eigenvalue weighted by Gasteiger charge is -2.31. The lowest BCUT2D eigenvalue weighted by Crippen LogP contribution is -2.26. The van der Waals surface area contributed by atoms with E-state index >= 15 is 0 Å². The SMILES string of the molecule is c1ccc(-c2cc(-c3ccc4c(c3)C3(c5ccccc5-c5ccccc53)c3cc5c(cc3-4)Oc3ccccc3O5)cc(-c3nc(-c4ccccc4)nc(-c4ccccc4)n3)c2)cc1. The Balaban J connectivity index is 1.05. The van der Waals surface area contributed by atoms with Crippen molar-refractivity contribution in [2.45, 2.75) is 5.41 Å². The Kier molecular flexibility index (Phi) is 7.75. The van der Waals surface area contributed by atoms with Crippen molar-refractivity contribution in [3.05, 3.63) is 235 Å². The highest BCUT2D eigenvalue weighted by Crippen LogP contribution is 2.65. The minimum atomic E-state index is -0.605. The van der Waals surface area contributed by atoms with E-state index < -0.39 is 5.41 Å². The lowest BCUT2D eigenvalue weighted by atomic mass is 9.70. The Morgan fingerprint density at radius 2 is 0.683 bits per heavy atom. The Morgan fingerprint density at radius 1 is 0.254 bits per heavy atom. The molecule has 3 aliphatic rings. The van der Waals surface area contributed by atoms with Crippen LogP contribution >= 0.6 is 0 Å². The molecule has 1 aliphatic heterocycles. The van der Waals surface area contributed by atoms with Gasteiger partial charge in [0.1, 0.15) is 0 Å². The van der Waals surface area contributed by atoms with Gasteiger partial charge in [0.25, 0.3) is 0 Å². The van der Waals surface area contributed by atoms with Gasteiger partial charge in [-0.3, -0.25) is 0 Å². The first-order valence-corrected chi connectivity index (χ1v) is 21.2. The monoisotopic (exact) mass is 805 g/mol. The van der Waals surface area contributed by atoms with Gasteiger partial charge in [-0.2, -0.15) is 0 Å². The van der Waals surface area contributed by atoms with E-state index in [0.717, 1.165) is 44.5 Å². The molecule has 10 aromatic rings. The molecule has 0 saturated carbocycles. The predicted molar refractivity (Wildman–Crippen MR) is 250 cm³/mol. The van der Waals surface area contributed by atoms with Crippen molar-refractivity contribution in [3.63, 3.8) is 0 Å². The van der Waals surface area contributed by atoms with Crippen LogP contribution in [0.4, 0.5) is 0 Å². The number of nitrogens with zero attached hydrogens (tertiary/aromatic N) is 3. The quantitative estimate of drug-likeness (QED) is 0.173. The maximum atomic E-state index is 6.62. The van der Waals surface area contributed by atoms with E-state index in [1.165, 1.54) is 38.9 Å². The van der Waals surface area contributed by atoms with Crippen LogP contribution in [0.25, 0.3) is 78.7 Å². The molecule has 0 fully saturated rings. The van der Waals surface area contributed by atoms with Crippen LogP contribution in [0.15, 0.2) is 212 Å². The molecule has 63 heavy (non-hydrogen) atoms. The number of aromatic nitrogens is 3.